The van der Waals surface area contributed by atoms with E-state index in [2.05, 4.69) is 26.1 Å². The van der Waals surface area contributed by atoms with Crippen molar-refractivity contribution >= 4 is 17.6 Å². The Kier molecular flexibility index (Phi) is 6.37. The average molecular weight is 372 g/mol. The van der Waals surface area contributed by atoms with Gasteiger partial charge in [-0.2, -0.15) is 0 Å². The quantitative estimate of drug-likeness (QED) is 0.676. The maximum Gasteiger partial charge on any atom is 0.319 e. The lowest BCUT2D eigenvalue weighted by molar-refractivity contribution is -0.120. The topological polar surface area (TPSA) is 110 Å². The first kappa shape index (κ1) is 18.8. The third-order valence-electron chi connectivity index (χ3n) is 4.15. The van der Waals surface area contributed by atoms with Crippen molar-refractivity contribution in [2.75, 3.05) is 18.5 Å². The molecule has 0 aliphatic carbocycles. The Labute approximate surface area is 157 Å². The summed E-state index contributed by atoms with van der Waals surface area (Å²) in [5.74, 6) is 1.43. The maximum atomic E-state index is 12.2. The first-order valence-electron chi connectivity index (χ1n) is 9.05. The molecule has 9 nitrogen and oxygen atoms in total. The van der Waals surface area contributed by atoms with Crippen LogP contribution >= 0.6 is 0 Å². The molecule has 1 aromatic heterocycles. The van der Waals surface area contributed by atoms with Crippen LogP contribution in [-0.2, 0) is 35.6 Å². The lowest BCUT2D eigenvalue weighted by atomic mass is 10.1. The van der Waals surface area contributed by atoms with Crippen molar-refractivity contribution in [3.05, 3.63) is 41.5 Å². The number of amides is 3. The van der Waals surface area contributed by atoms with Gasteiger partial charge in [-0.15, -0.1) is 10.2 Å². The molecule has 9 heteroatoms. The van der Waals surface area contributed by atoms with Gasteiger partial charge in [0.15, 0.2) is 11.6 Å². The van der Waals surface area contributed by atoms with Gasteiger partial charge in [-0.05, 0) is 24.1 Å². The Hall–Kier alpha value is -2.94. The molecule has 3 rings (SSSR count). The van der Waals surface area contributed by atoms with E-state index in [0.717, 1.165) is 23.6 Å². The van der Waals surface area contributed by atoms with E-state index in [-0.39, 0.29) is 18.4 Å². The normalized spacial score (nSPS) is 12.9. The van der Waals surface area contributed by atoms with Crippen LogP contribution in [-0.4, -0.2) is 39.9 Å². The number of anilines is 1. The zero-order valence-electron chi connectivity index (χ0n) is 15.3. The number of benzene rings is 1. The van der Waals surface area contributed by atoms with Crippen LogP contribution in [0.3, 0.4) is 0 Å². The molecule has 1 aliphatic rings. The second-order valence-electron chi connectivity index (χ2n) is 6.27. The van der Waals surface area contributed by atoms with Crippen molar-refractivity contribution in [2.24, 2.45) is 0 Å². The molecule has 0 fully saturated rings. The van der Waals surface area contributed by atoms with E-state index in [1.54, 1.807) is 12.1 Å². The summed E-state index contributed by atoms with van der Waals surface area (Å²) in [6, 6.07) is 6.98. The number of carbonyl (C=O) groups excluding carboxylic acids is 2. The molecule has 0 radical (unpaired) electrons. The van der Waals surface area contributed by atoms with E-state index in [0.29, 0.717) is 38.5 Å². The highest BCUT2D eigenvalue weighted by atomic mass is 16.5. The standard InChI is InChI=1S/C18H24N6O3/c1-2-7-19-18(26)21-14-5-3-13(4-6-14)10-17(25)20-11-15-22-23-16-12-27-9-8-24(15)16/h3-6H,2,7-12H2,1H3,(H,20,25)(H2,19,21,26). The number of nitrogens with one attached hydrogen (secondary N) is 3. The number of hydrogen-bond donors (Lipinski definition) is 3. The Bertz CT molecular complexity index is 787. The van der Waals surface area contributed by atoms with Crippen molar-refractivity contribution in [2.45, 2.75) is 39.5 Å². The molecule has 0 unspecified atom stereocenters. The molecule has 1 aliphatic heterocycles. The van der Waals surface area contributed by atoms with Crippen LogP contribution in [0.2, 0.25) is 0 Å². The molecule has 0 saturated heterocycles. The number of aromatic nitrogens is 3. The fourth-order valence-corrected chi connectivity index (χ4v) is 2.73. The minimum Gasteiger partial charge on any atom is -0.372 e. The van der Waals surface area contributed by atoms with E-state index < -0.39 is 0 Å². The van der Waals surface area contributed by atoms with Crippen molar-refractivity contribution in [1.29, 1.82) is 0 Å². The van der Waals surface area contributed by atoms with E-state index in [9.17, 15) is 9.59 Å². The average Bonchev–Trinajstić information content (AvgIpc) is 3.09. The summed E-state index contributed by atoms with van der Waals surface area (Å²) in [5, 5.41) is 16.5. The van der Waals surface area contributed by atoms with Crippen molar-refractivity contribution in [3.8, 4) is 0 Å². The molecule has 1 aromatic carbocycles. The smallest absolute Gasteiger partial charge is 0.319 e. The molecule has 3 N–H and O–H groups in total. The highest BCUT2D eigenvalue weighted by Crippen LogP contribution is 2.11. The van der Waals surface area contributed by atoms with Crippen molar-refractivity contribution < 1.29 is 14.3 Å². The SMILES string of the molecule is CCCNC(=O)Nc1ccc(CC(=O)NCc2nnc3n2CCOC3)cc1. The molecule has 2 aromatic rings. The monoisotopic (exact) mass is 372 g/mol. The first-order valence-corrected chi connectivity index (χ1v) is 9.05. The lowest BCUT2D eigenvalue weighted by Crippen LogP contribution is -2.29. The summed E-state index contributed by atoms with van der Waals surface area (Å²) < 4.78 is 7.31. The summed E-state index contributed by atoms with van der Waals surface area (Å²) in [7, 11) is 0. The van der Waals surface area contributed by atoms with Gasteiger partial charge in [0, 0.05) is 18.8 Å². The van der Waals surface area contributed by atoms with Crippen LogP contribution in [0, 0.1) is 0 Å². The van der Waals surface area contributed by atoms with E-state index >= 15 is 0 Å². The van der Waals surface area contributed by atoms with Gasteiger partial charge in [0.1, 0.15) is 6.61 Å². The molecule has 3 amide bonds. The fourth-order valence-electron chi connectivity index (χ4n) is 2.73. The van der Waals surface area contributed by atoms with E-state index in [1.165, 1.54) is 0 Å². The zero-order valence-corrected chi connectivity index (χ0v) is 15.3. The molecule has 0 spiro atoms. The third kappa shape index (κ3) is 5.27. The fraction of sp³-hybridized carbons (Fsp3) is 0.444. The summed E-state index contributed by atoms with van der Waals surface area (Å²) in [6.07, 6.45) is 1.14. The van der Waals surface area contributed by atoms with Gasteiger partial charge < -0.3 is 25.3 Å². The van der Waals surface area contributed by atoms with Gasteiger partial charge in [0.2, 0.25) is 5.91 Å². The molecule has 2 heterocycles. The van der Waals surface area contributed by atoms with Gasteiger partial charge in [0.05, 0.1) is 19.6 Å². The van der Waals surface area contributed by atoms with Gasteiger partial charge in [-0.1, -0.05) is 19.1 Å². The summed E-state index contributed by atoms with van der Waals surface area (Å²) in [4.78, 5) is 23.8. The Morgan fingerprint density at radius 3 is 2.78 bits per heavy atom. The summed E-state index contributed by atoms with van der Waals surface area (Å²) >= 11 is 0. The van der Waals surface area contributed by atoms with Crippen molar-refractivity contribution in [3.63, 3.8) is 0 Å². The number of ether oxygens (including phenoxy) is 1. The van der Waals surface area contributed by atoms with Crippen LogP contribution < -0.4 is 16.0 Å². The number of rotatable bonds is 7. The van der Waals surface area contributed by atoms with Crippen molar-refractivity contribution in [1.82, 2.24) is 25.4 Å². The molecular weight excluding hydrogens is 348 g/mol. The Balaban J connectivity index is 1.46. The largest absolute Gasteiger partial charge is 0.372 e. The highest BCUT2D eigenvalue weighted by molar-refractivity contribution is 5.89. The highest BCUT2D eigenvalue weighted by Gasteiger charge is 2.16. The Morgan fingerprint density at radius 2 is 2.00 bits per heavy atom. The Morgan fingerprint density at radius 1 is 1.19 bits per heavy atom. The second kappa shape index (κ2) is 9.13. The molecule has 0 bridgehead atoms. The van der Waals surface area contributed by atoms with Gasteiger partial charge in [-0.25, -0.2) is 4.79 Å². The molecule has 0 atom stereocenters. The minimum absolute atomic E-state index is 0.0965. The van der Waals surface area contributed by atoms with Crippen LogP contribution in [0.25, 0.3) is 0 Å². The molecular formula is C18H24N6O3. The van der Waals surface area contributed by atoms with E-state index in [1.807, 2.05) is 23.6 Å². The van der Waals surface area contributed by atoms with Crippen LogP contribution in [0.5, 0.6) is 0 Å². The summed E-state index contributed by atoms with van der Waals surface area (Å²) in [5.41, 5.74) is 1.55. The van der Waals surface area contributed by atoms with E-state index in [4.69, 9.17) is 4.74 Å². The molecule has 27 heavy (non-hydrogen) atoms. The van der Waals surface area contributed by atoms with Crippen LogP contribution in [0.15, 0.2) is 24.3 Å². The lowest BCUT2D eigenvalue weighted by Gasteiger charge is -2.15. The van der Waals surface area contributed by atoms with Crippen LogP contribution in [0.4, 0.5) is 10.5 Å². The van der Waals surface area contributed by atoms with Gasteiger partial charge in [-0.3, -0.25) is 4.79 Å². The number of urea groups is 1. The molecule has 144 valence electrons. The second-order valence-corrected chi connectivity index (χ2v) is 6.27. The van der Waals surface area contributed by atoms with Gasteiger partial charge in [0.25, 0.3) is 0 Å². The number of hydrogen-bond acceptors (Lipinski definition) is 5. The first-order chi connectivity index (χ1) is 13.2. The third-order valence-corrected chi connectivity index (χ3v) is 4.15. The number of carbonyl (C=O) groups is 2. The van der Waals surface area contributed by atoms with Crippen LogP contribution in [0.1, 0.15) is 30.6 Å². The number of fused-ring (bicyclic) bond motifs is 1. The molecule has 0 saturated carbocycles. The minimum atomic E-state index is -0.232. The summed E-state index contributed by atoms with van der Waals surface area (Å²) in [6.45, 7) is 4.75. The predicted octanol–water partition coefficient (Wildman–Crippen LogP) is 1.20. The zero-order chi connectivity index (χ0) is 19.1. The predicted molar refractivity (Wildman–Crippen MR) is 99.0 cm³/mol. The van der Waals surface area contributed by atoms with Gasteiger partial charge >= 0.3 is 6.03 Å². The maximum absolute atomic E-state index is 12.2. The number of nitrogens with zero attached hydrogens (tertiary/aromatic N) is 3.